The number of nitrogens with one attached hydrogen (secondary N) is 3. The van der Waals surface area contributed by atoms with Crippen LogP contribution in [-0.2, 0) is 35.2 Å². The van der Waals surface area contributed by atoms with Crippen LogP contribution in [0.2, 0.25) is 0 Å². The van der Waals surface area contributed by atoms with E-state index in [9.17, 15) is 39.0 Å². The molecule has 0 fully saturated rings. The Morgan fingerprint density at radius 1 is 0.892 bits per heavy atom. The van der Waals surface area contributed by atoms with Crippen LogP contribution in [0.15, 0.2) is 30.3 Å². The molecule has 0 bridgehead atoms. The van der Waals surface area contributed by atoms with E-state index in [-0.39, 0.29) is 19.3 Å². The molecule has 0 radical (unpaired) electrons. The lowest BCUT2D eigenvalue weighted by Gasteiger charge is -2.27. The van der Waals surface area contributed by atoms with Crippen molar-refractivity contribution in [1.82, 2.24) is 16.0 Å². The molecule has 37 heavy (non-hydrogen) atoms. The maximum Gasteiger partial charge on any atom is 0.326 e. The summed E-state index contributed by atoms with van der Waals surface area (Å²) in [6.07, 6.45) is -0.772. The number of carbonyl (C=O) groups excluding carboxylic acids is 4. The zero-order chi connectivity index (χ0) is 28.1. The second-order valence-electron chi connectivity index (χ2n) is 8.73. The summed E-state index contributed by atoms with van der Waals surface area (Å²) >= 11 is 0. The van der Waals surface area contributed by atoms with Crippen LogP contribution in [0.1, 0.15) is 45.1 Å². The lowest BCUT2D eigenvalue weighted by molar-refractivity contribution is -0.144. The molecule has 0 aliphatic rings. The van der Waals surface area contributed by atoms with E-state index in [1.54, 1.807) is 44.2 Å². The fourth-order valence-electron chi connectivity index (χ4n) is 3.38. The average molecular weight is 522 g/mol. The second kappa shape index (κ2) is 15.2. The van der Waals surface area contributed by atoms with Gasteiger partial charge in [-0.2, -0.15) is 0 Å². The van der Waals surface area contributed by atoms with Crippen molar-refractivity contribution in [2.45, 2.75) is 70.1 Å². The maximum atomic E-state index is 13.0. The van der Waals surface area contributed by atoms with Crippen LogP contribution in [0.3, 0.4) is 0 Å². The zero-order valence-electron chi connectivity index (χ0n) is 20.8. The Kier molecular flexibility index (Phi) is 12.7. The van der Waals surface area contributed by atoms with E-state index in [0.29, 0.717) is 6.42 Å². The van der Waals surface area contributed by atoms with Gasteiger partial charge in [-0.05, 0) is 24.3 Å². The molecule has 13 nitrogen and oxygen atoms in total. The Hall–Kier alpha value is -4.00. The molecule has 1 rings (SSSR count). The number of hydrogen-bond donors (Lipinski definition) is 7. The number of nitrogens with two attached hydrogens (primary N) is 2. The molecule has 9 N–H and O–H groups in total. The first kappa shape index (κ1) is 31.0. The lowest BCUT2D eigenvalue weighted by Crippen LogP contribution is -2.59. The monoisotopic (exact) mass is 521 g/mol. The van der Waals surface area contributed by atoms with Crippen LogP contribution in [0, 0.1) is 5.92 Å². The molecule has 13 heteroatoms. The zero-order valence-corrected chi connectivity index (χ0v) is 20.8. The molecule has 5 atom stereocenters. The molecule has 5 unspecified atom stereocenters. The summed E-state index contributed by atoms with van der Waals surface area (Å²) in [4.78, 5) is 72.4. The number of hydrogen-bond acceptors (Lipinski definition) is 7. The fraction of sp³-hybridized carbons (Fsp3) is 0.500. The minimum absolute atomic E-state index is 0.147. The molecule has 4 amide bonds. The largest absolute Gasteiger partial charge is 0.481 e. The Morgan fingerprint density at radius 3 is 2.00 bits per heavy atom. The standard InChI is InChI=1S/C24H35N5O8/c1-3-13(2)20(23(35)27-16(24(36)37)9-10-18(26)30)29-22(34)17(12-19(31)32)28-21(33)15(25)11-14-7-5-4-6-8-14/h4-8,13,15-17,20H,3,9-12,25H2,1-2H3,(H2,26,30)(H,27,35)(H,28,33)(H,29,34)(H,31,32)(H,36,37). The number of primary amides is 1. The fourth-order valence-corrected chi connectivity index (χ4v) is 3.38. The molecular formula is C24H35N5O8. The van der Waals surface area contributed by atoms with Gasteiger partial charge in [-0.3, -0.25) is 24.0 Å². The van der Waals surface area contributed by atoms with E-state index >= 15 is 0 Å². The molecule has 0 saturated carbocycles. The molecule has 0 spiro atoms. The second-order valence-corrected chi connectivity index (χ2v) is 8.73. The third kappa shape index (κ3) is 11.1. The molecular weight excluding hydrogens is 486 g/mol. The smallest absolute Gasteiger partial charge is 0.326 e. The van der Waals surface area contributed by atoms with Gasteiger partial charge < -0.3 is 37.6 Å². The van der Waals surface area contributed by atoms with Crippen molar-refractivity contribution < 1.29 is 39.0 Å². The minimum atomic E-state index is -1.55. The van der Waals surface area contributed by atoms with Crippen LogP contribution in [0.25, 0.3) is 0 Å². The Labute approximate surface area is 214 Å². The number of carbonyl (C=O) groups is 6. The first-order valence-electron chi connectivity index (χ1n) is 11.8. The van der Waals surface area contributed by atoms with Crippen LogP contribution < -0.4 is 27.4 Å². The quantitative estimate of drug-likeness (QED) is 0.139. The predicted octanol–water partition coefficient (Wildman–Crippen LogP) is -1.12. The average Bonchev–Trinajstić information content (AvgIpc) is 2.83. The summed E-state index contributed by atoms with van der Waals surface area (Å²) < 4.78 is 0. The Bertz CT molecular complexity index is 971. The first-order valence-corrected chi connectivity index (χ1v) is 11.8. The van der Waals surface area contributed by atoms with Crippen LogP contribution in [0.5, 0.6) is 0 Å². The van der Waals surface area contributed by atoms with E-state index in [1.165, 1.54) is 0 Å². The van der Waals surface area contributed by atoms with Crippen LogP contribution in [-0.4, -0.2) is 69.9 Å². The number of amides is 4. The molecule has 1 aromatic carbocycles. The summed E-state index contributed by atoms with van der Waals surface area (Å²) in [5.41, 5.74) is 11.8. The van der Waals surface area contributed by atoms with Gasteiger partial charge in [0, 0.05) is 6.42 Å². The molecule has 0 aromatic heterocycles. The third-order valence-corrected chi connectivity index (χ3v) is 5.73. The predicted molar refractivity (Wildman–Crippen MR) is 132 cm³/mol. The summed E-state index contributed by atoms with van der Waals surface area (Å²) in [5, 5.41) is 25.6. The van der Waals surface area contributed by atoms with E-state index in [0.717, 1.165) is 5.56 Å². The van der Waals surface area contributed by atoms with Crippen molar-refractivity contribution in [2.75, 3.05) is 0 Å². The van der Waals surface area contributed by atoms with Crippen molar-refractivity contribution in [1.29, 1.82) is 0 Å². The summed E-state index contributed by atoms with van der Waals surface area (Å²) in [5.74, 6) is -6.56. The summed E-state index contributed by atoms with van der Waals surface area (Å²) in [7, 11) is 0. The van der Waals surface area contributed by atoms with Crippen molar-refractivity contribution in [3.8, 4) is 0 Å². The highest BCUT2D eigenvalue weighted by atomic mass is 16.4. The molecule has 0 saturated heterocycles. The van der Waals surface area contributed by atoms with Crippen molar-refractivity contribution in [3.05, 3.63) is 35.9 Å². The van der Waals surface area contributed by atoms with Gasteiger partial charge in [0.25, 0.3) is 0 Å². The van der Waals surface area contributed by atoms with E-state index in [4.69, 9.17) is 11.5 Å². The molecule has 0 aliphatic heterocycles. The number of rotatable bonds is 16. The molecule has 1 aromatic rings. The number of carboxylic acids is 2. The highest BCUT2D eigenvalue weighted by Gasteiger charge is 2.33. The first-order chi connectivity index (χ1) is 17.3. The van der Waals surface area contributed by atoms with E-state index in [2.05, 4.69) is 16.0 Å². The van der Waals surface area contributed by atoms with Gasteiger partial charge >= 0.3 is 11.9 Å². The van der Waals surface area contributed by atoms with Gasteiger partial charge in [-0.15, -0.1) is 0 Å². The van der Waals surface area contributed by atoms with Gasteiger partial charge in [0.05, 0.1) is 12.5 Å². The van der Waals surface area contributed by atoms with Gasteiger partial charge in [0.1, 0.15) is 18.1 Å². The minimum Gasteiger partial charge on any atom is -0.481 e. The van der Waals surface area contributed by atoms with Crippen molar-refractivity contribution >= 4 is 35.6 Å². The molecule has 0 heterocycles. The van der Waals surface area contributed by atoms with Gasteiger partial charge in [-0.1, -0.05) is 50.6 Å². The topological polar surface area (TPSA) is 231 Å². The SMILES string of the molecule is CCC(C)C(NC(=O)C(CC(=O)O)NC(=O)C(N)Cc1ccccc1)C(=O)NC(CCC(N)=O)C(=O)O. The number of carboxylic acid groups (broad SMARTS) is 2. The summed E-state index contributed by atoms with van der Waals surface area (Å²) in [6, 6.07) is 3.55. The normalized spacial score (nSPS) is 14.8. The lowest BCUT2D eigenvalue weighted by atomic mass is 9.97. The van der Waals surface area contributed by atoms with Crippen molar-refractivity contribution in [3.63, 3.8) is 0 Å². The van der Waals surface area contributed by atoms with Gasteiger partial charge in [0.2, 0.25) is 23.6 Å². The number of aliphatic carboxylic acids is 2. The Balaban J connectivity index is 2.99. The summed E-state index contributed by atoms with van der Waals surface area (Å²) in [6.45, 7) is 3.36. The molecule has 204 valence electrons. The maximum absolute atomic E-state index is 13.0. The van der Waals surface area contributed by atoms with Crippen molar-refractivity contribution in [2.24, 2.45) is 17.4 Å². The highest BCUT2D eigenvalue weighted by Crippen LogP contribution is 2.11. The van der Waals surface area contributed by atoms with Gasteiger partial charge in [0.15, 0.2) is 0 Å². The van der Waals surface area contributed by atoms with Crippen LogP contribution >= 0.6 is 0 Å². The number of benzene rings is 1. The van der Waals surface area contributed by atoms with E-state index < -0.39 is 72.1 Å². The Morgan fingerprint density at radius 2 is 1.49 bits per heavy atom. The highest BCUT2D eigenvalue weighted by molar-refractivity contribution is 5.95. The van der Waals surface area contributed by atoms with Gasteiger partial charge in [-0.25, -0.2) is 4.79 Å². The van der Waals surface area contributed by atoms with Crippen LogP contribution in [0.4, 0.5) is 0 Å². The third-order valence-electron chi connectivity index (χ3n) is 5.73. The van der Waals surface area contributed by atoms with E-state index in [1.807, 2.05) is 0 Å². The molecule has 0 aliphatic carbocycles.